The quantitative estimate of drug-likeness (QED) is 0.340. The molecule has 0 unspecified atom stereocenters. The van der Waals surface area contributed by atoms with Crippen molar-refractivity contribution in [3.63, 3.8) is 0 Å². The van der Waals surface area contributed by atoms with Crippen molar-refractivity contribution in [2.75, 3.05) is 0 Å². The lowest BCUT2D eigenvalue weighted by Gasteiger charge is -1.82. The lowest BCUT2D eigenvalue weighted by Crippen LogP contribution is -1.71. The number of allylic oxidation sites excluding steroid dienone is 1. The Kier molecular flexibility index (Phi) is 3.38. The van der Waals surface area contributed by atoms with Gasteiger partial charge in [0.05, 0.1) is 0 Å². The number of aliphatic imine (C=N–C) groups is 1. The van der Waals surface area contributed by atoms with E-state index in [2.05, 4.69) is 4.99 Å². The Balaban J connectivity index is 3.58. The fourth-order valence-corrected chi connectivity index (χ4v) is 0.224. The fraction of sp³-hybridized carbons (Fsp3) is 0.400. The molecular formula is C5H8BN. The van der Waals surface area contributed by atoms with E-state index in [1.54, 1.807) is 12.3 Å². The molecule has 36 valence electrons. The lowest BCUT2D eigenvalue weighted by atomic mass is 10.1. The van der Waals surface area contributed by atoms with Crippen molar-refractivity contribution in [1.82, 2.24) is 0 Å². The van der Waals surface area contributed by atoms with Crippen LogP contribution in [0, 0.1) is 0 Å². The minimum atomic E-state index is 0.572. The first-order valence-electron chi connectivity index (χ1n) is 2.21. The minimum Gasteiger partial charge on any atom is -0.278 e. The summed E-state index contributed by atoms with van der Waals surface area (Å²) in [5, 5.41) is 0. The molecule has 0 spiro atoms. The zero-order valence-electron chi connectivity index (χ0n) is 4.68. The molecular weight excluding hydrogens is 84.9 g/mol. The summed E-state index contributed by atoms with van der Waals surface area (Å²) in [4.78, 5) is 3.76. The molecule has 0 fully saturated rings. The number of hydrogen-bond donors (Lipinski definition) is 0. The molecule has 0 rings (SSSR count). The van der Waals surface area contributed by atoms with Crippen LogP contribution in [0.15, 0.2) is 16.7 Å². The van der Waals surface area contributed by atoms with Gasteiger partial charge in [-0.25, -0.2) is 0 Å². The molecule has 0 N–H and O–H groups in total. The van der Waals surface area contributed by atoms with Crippen molar-refractivity contribution < 1.29 is 0 Å². The predicted octanol–water partition coefficient (Wildman–Crippen LogP) is 1.11. The number of nitrogens with zero attached hydrogens (tertiary/aromatic N) is 1. The standard InChI is InChI=1S/C5H8BN/c1-3-5(6)7-4-2/h3-4H,1-2H3. The van der Waals surface area contributed by atoms with Gasteiger partial charge in [0.25, 0.3) is 0 Å². The molecule has 0 atom stereocenters. The molecule has 0 bridgehead atoms. The summed E-state index contributed by atoms with van der Waals surface area (Å²) in [5.74, 6) is 0. The molecule has 0 aliphatic rings. The van der Waals surface area contributed by atoms with Gasteiger partial charge in [-0.2, -0.15) is 0 Å². The molecule has 0 aromatic carbocycles. The smallest absolute Gasteiger partial charge is 0.141 e. The average molecular weight is 92.9 g/mol. The van der Waals surface area contributed by atoms with Crippen molar-refractivity contribution in [3.05, 3.63) is 11.7 Å². The van der Waals surface area contributed by atoms with Crippen LogP contribution in [-0.2, 0) is 0 Å². The third-order valence-corrected chi connectivity index (χ3v) is 0.574. The molecule has 2 radical (unpaired) electrons. The van der Waals surface area contributed by atoms with E-state index in [4.69, 9.17) is 7.85 Å². The maximum absolute atomic E-state index is 5.25. The lowest BCUT2D eigenvalue weighted by molar-refractivity contribution is 1.48. The van der Waals surface area contributed by atoms with Gasteiger partial charge in [0.1, 0.15) is 7.85 Å². The second-order valence-corrected chi connectivity index (χ2v) is 1.10. The van der Waals surface area contributed by atoms with Crippen molar-refractivity contribution in [3.8, 4) is 0 Å². The highest BCUT2D eigenvalue weighted by Gasteiger charge is 1.70. The van der Waals surface area contributed by atoms with Crippen LogP contribution in [0.5, 0.6) is 0 Å². The Morgan fingerprint density at radius 3 is 2.29 bits per heavy atom. The first-order valence-corrected chi connectivity index (χ1v) is 2.21. The van der Waals surface area contributed by atoms with Gasteiger partial charge >= 0.3 is 0 Å². The van der Waals surface area contributed by atoms with Gasteiger partial charge in [-0.15, -0.1) is 0 Å². The third kappa shape index (κ3) is 3.30. The molecule has 2 heteroatoms. The Bertz CT molecular complexity index is 94.3. The Labute approximate surface area is 45.6 Å². The first kappa shape index (κ1) is 6.47. The van der Waals surface area contributed by atoms with Crippen molar-refractivity contribution in [2.45, 2.75) is 13.8 Å². The Morgan fingerprint density at radius 1 is 1.57 bits per heavy atom. The van der Waals surface area contributed by atoms with Crippen molar-refractivity contribution in [2.24, 2.45) is 4.99 Å². The number of rotatable bonds is 1. The van der Waals surface area contributed by atoms with E-state index in [1.165, 1.54) is 0 Å². The van der Waals surface area contributed by atoms with Crippen LogP contribution in [0.4, 0.5) is 0 Å². The van der Waals surface area contributed by atoms with E-state index in [1.807, 2.05) is 13.8 Å². The molecule has 0 saturated heterocycles. The fourth-order valence-electron chi connectivity index (χ4n) is 0.224. The summed E-state index contributed by atoms with van der Waals surface area (Å²) >= 11 is 0. The molecule has 0 aromatic rings. The molecule has 0 aliphatic carbocycles. The second-order valence-electron chi connectivity index (χ2n) is 1.10. The highest BCUT2D eigenvalue weighted by Crippen LogP contribution is 1.83. The van der Waals surface area contributed by atoms with Gasteiger partial charge in [-0.3, -0.25) is 4.99 Å². The van der Waals surface area contributed by atoms with Crippen LogP contribution in [0.25, 0.3) is 0 Å². The van der Waals surface area contributed by atoms with E-state index in [0.29, 0.717) is 5.60 Å². The molecule has 7 heavy (non-hydrogen) atoms. The topological polar surface area (TPSA) is 12.4 Å². The predicted molar refractivity (Wildman–Crippen MR) is 33.7 cm³/mol. The first-order chi connectivity index (χ1) is 3.31. The van der Waals surface area contributed by atoms with Crippen molar-refractivity contribution >= 4 is 14.1 Å². The van der Waals surface area contributed by atoms with Crippen LogP contribution < -0.4 is 0 Å². The van der Waals surface area contributed by atoms with E-state index < -0.39 is 0 Å². The summed E-state index contributed by atoms with van der Waals surface area (Å²) in [5.41, 5.74) is 0.572. The Hall–Kier alpha value is -0.525. The van der Waals surface area contributed by atoms with Crippen LogP contribution in [0.2, 0.25) is 0 Å². The molecule has 0 aliphatic heterocycles. The zero-order chi connectivity index (χ0) is 5.70. The van der Waals surface area contributed by atoms with Gasteiger partial charge in [0.2, 0.25) is 0 Å². The normalized spacial score (nSPS) is 13.1. The molecule has 1 nitrogen and oxygen atoms in total. The molecule has 0 aromatic heterocycles. The molecule has 0 saturated carbocycles. The summed E-state index contributed by atoms with van der Waals surface area (Å²) in [6.07, 6.45) is 3.41. The maximum atomic E-state index is 5.25. The summed E-state index contributed by atoms with van der Waals surface area (Å²) in [7, 11) is 5.25. The average Bonchev–Trinajstić information content (AvgIpc) is 1.68. The summed E-state index contributed by atoms with van der Waals surface area (Å²) < 4.78 is 0. The van der Waals surface area contributed by atoms with Crippen molar-refractivity contribution in [1.29, 1.82) is 0 Å². The molecule has 0 amide bonds. The zero-order valence-corrected chi connectivity index (χ0v) is 4.68. The Morgan fingerprint density at radius 2 is 2.14 bits per heavy atom. The van der Waals surface area contributed by atoms with Gasteiger partial charge in [-0.1, -0.05) is 6.08 Å². The summed E-state index contributed by atoms with van der Waals surface area (Å²) in [6.45, 7) is 3.68. The van der Waals surface area contributed by atoms with E-state index in [-0.39, 0.29) is 0 Å². The largest absolute Gasteiger partial charge is 0.278 e. The second kappa shape index (κ2) is 3.66. The van der Waals surface area contributed by atoms with E-state index >= 15 is 0 Å². The van der Waals surface area contributed by atoms with Gasteiger partial charge in [0, 0.05) is 6.21 Å². The van der Waals surface area contributed by atoms with Crippen LogP contribution in [0.3, 0.4) is 0 Å². The maximum Gasteiger partial charge on any atom is 0.141 e. The number of hydrogen-bond acceptors (Lipinski definition) is 1. The van der Waals surface area contributed by atoms with Gasteiger partial charge < -0.3 is 0 Å². The van der Waals surface area contributed by atoms with Gasteiger partial charge in [0.15, 0.2) is 0 Å². The van der Waals surface area contributed by atoms with Crippen LogP contribution in [0.1, 0.15) is 13.8 Å². The van der Waals surface area contributed by atoms with E-state index in [0.717, 1.165) is 0 Å². The van der Waals surface area contributed by atoms with Gasteiger partial charge in [-0.05, 0) is 19.4 Å². The highest BCUT2D eigenvalue weighted by molar-refractivity contribution is 6.21. The van der Waals surface area contributed by atoms with E-state index in [9.17, 15) is 0 Å². The third-order valence-electron chi connectivity index (χ3n) is 0.574. The molecule has 0 heterocycles. The summed E-state index contributed by atoms with van der Waals surface area (Å²) in [6, 6.07) is 0. The van der Waals surface area contributed by atoms with Crippen LogP contribution in [-0.4, -0.2) is 14.1 Å². The SMILES string of the molecule is [B]C(=CC)N=CC. The van der Waals surface area contributed by atoms with Crippen LogP contribution >= 0.6 is 0 Å². The highest BCUT2D eigenvalue weighted by atomic mass is 14.7. The monoisotopic (exact) mass is 93.1 g/mol. The minimum absolute atomic E-state index is 0.572.